The molecule has 0 saturated carbocycles. The van der Waals surface area contributed by atoms with Gasteiger partial charge < -0.3 is 15.2 Å². The van der Waals surface area contributed by atoms with E-state index in [2.05, 4.69) is 37.2 Å². The molecule has 0 bridgehead atoms. The second-order valence-corrected chi connectivity index (χ2v) is 6.93. The van der Waals surface area contributed by atoms with Crippen LogP contribution < -0.4 is 10.6 Å². The number of hydrogen-bond donors (Lipinski definition) is 2. The van der Waals surface area contributed by atoms with Crippen molar-refractivity contribution < 1.29 is 4.52 Å². The summed E-state index contributed by atoms with van der Waals surface area (Å²) in [5.41, 5.74) is -0.142. The average Bonchev–Trinajstić information content (AvgIpc) is 3.12. The van der Waals surface area contributed by atoms with Gasteiger partial charge in [0.1, 0.15) is 6.54 Å². The Morgan fingerprint density at radius 3 is 2.70 bits per heavy atom. The molecule has 8 heteroatoms. The highest BCUT2D eigenvalue weighted by Crippen LogP contribution is 2.19. The van der Waals surface area contributed by atoms with Crippen LogP contribution in [0.15, 0.2) is 27.0 Å². The molecule has 0 aliphatic carbocycles. The van der Waals surface area contributed by atoms with Crippen molar-refractivity contribution in [3.05, 3.63) is 34.1 Å². The molecule has 0 amide bonds. The minimum atomic E-state index is -0.142. The molecule has 2 heterocycles. The van der Waals surface area contributed by atoms with Crippen molar-refractivity contribution in [3.8, 4) is 0 Å². The van der Waals surface area contributed by atoms with E-state index >= 15 is 0 Å². The number of guanidine groups is 1. The quantitative estimate of drug-likeness (QED) is 0.416. The summed E-state index contributed by atoms with van der Waals surface area (Å²) in [5, 5.41) is 12.5. The molecule has 0 aliphatic heterocycles. The molecule has 6 nitrogen and oxygen atoms in total. The Labute approximate surface area is 158 Å². The summed E-state index contributed by atoms with van der Waals surface area (Å²) in [5.74, 6) is 1.98. The third-order valence-corrected chi connectivity index (χ3v) is 3.72. The van der Waals surface area contributed by atoms with E-state index in [0.29, 0.717) is 18.3 Å². The normalized spacial score (nSPS) is 11.9. The zero-order chi connectivity index (χ0) is 16.0. The van der Waals surface area contributed by atoms with Gasteiger partial charge in [0.05, 0.1) is 6.54 Å². The maximum Gasteiger partial charge on any atom is 0.232 e. The lowest BCUT2D eigenvalue weighted by Gasteiger charge is -2.10. The van der Waals surface area contributed by atoms with Crippen molar-refractivity contribution >= 4 is 41.3 Å². The third kappa shape index (κ3) is 6.46. The van der Waals surface area contributed by atoms with Crippen LogP contribution >= 0.6 is 35.3 Å². The van der Waals surface area contributed by atoms with E-state index < -0.39 is 0 Å². The number of aromatic nitrogens is 2. The first-order chi connectivity index (χ1) is 10.5. The highest BCUT2D eigenvalue weighted by molar-refractivity contribution is 14.0. The van der Waals surface area contributed by atoms with Crippen LogP contribution in [-0.2, 0) is 18.5 Å². The largest absolute Gasteiger partial charge is 0.357 e. The molecule has 2 aromatic rings. The second-order valence-electron chi connectivity index (χ2n) is 5.89. The van der Waals surface area contributed by atoms with Gasteiger partial charge >= 0.3 is 0 Å². The van der Waals surface area contributed by atoms with Crippen LogP contribution in [0, 0.1) is 0 Å². The summed E-state index contributed by atoms with van der Waals surface area (Å²) < 4.78 is 5.27. The molecular weight excluding hydrogens is 425 g/mol. The second kappa shape index (κ2) is 9.21. The van der Waals surface area contributed by atoms with Crippen LogP contribution in [0.3, 0.4) is 0 Å². The molecule has 128 valence electrons. The van der Waals surface area contributed by atoms with Crippen LogP contribution in [0.4, 0.5) is 0 Å². The Morgan fingerprint density at radius 1 is 1.35 bits per heavy atom. The fraction of sp³-hybridized carbons (Fsp3) is 0.533. The predicted molar refractivity (Wildman–Crippen MR) is 104 cm³/mol. The van der Waals surface area contributed by atoms with Crippen LogP contribution in [-0.4, -0.2) is 22.6 Å². The maximum atomic E-state index is 5.27. The Kier molecular flexibility index (Phi) is 7.97. The molecule has 0 saturated heterocycles. The van der Waals surface area contributed by atoms with Gasteiger partial charge in [0.25, 0.3) is 0 Å². The van der Waals surface area contributed by atoms with Gasteiger partial charge in [-0.25, -0.2) is 4.99 Å². The van der Waals surface area contributed by atoms with E-state index in [9.17, 15) is 0 Å². The van der Waals surface area contributed by atoms with Gasteiger partial charge in [0.15, 0.2) is 11.8 Å². The van der Waals surface area contributed by atoms with Crippen molar-refractivity contribution in [2.45, 2.75) is 46.2 Å². The van der Waals surface area contributed by atoms with Crippen molar-refractivity contribution in [3.63, 3.8) is 0 Å². The summed E-state index contributed by atoms with van der Waals surface area (Å²) in [6.07, 6.45) is 0. The highest BCUT2D eigenvalue weighted by atomic mass is 127. The Morgan fingerprint density at radius 2 is 2.13 bits per heavy atom. The Bertz CT molecular complexity index is 604. The molecular formula is C15H24IN5OS. The van der Waals surface area contributed by atoms with E-state index in [1.807, 2.05) is 33.8 Å². The standard InChI is InChI=1S/C15H23N5OS.HI/c1-5-16-14(17-9-11-7-6-8-22-11)18-10-12-19-13(21-20-12)15(2,3)4;/h6-8H,5,9-10H2,1-4H3,(H2,16,17,18);1H. The van der Waals surface area contributed by atoms with E-state index in [1.54, 1.807) is 11.3 Å². The fourth-order valence-corrected chi connectivity index (χ4v) is 2.34. The SMILES string of the molecule is CCNC(=NCc1noc(C(C)(C)C)n1)NCc1cccs1.I. The first-order valence-corrected chi connectivity index (χ1v) is 8.24. The highest BCUT2D eigenvalue weighted by Gasteiger charge is 2.21. The molecule has 0 aromatic carbocycles. The smallest absolute Gasteiger partial charge is 0.232 e. The van der Waals surface area contributed by atoms with E-state index in [1.165, 1.54) is 4.88 Å². The summed E-state index contributed by atoms with van der Waals surface area (Å²) in [7, 11) is 0. The molecule has 0 aliphatic rings. The lowest BCUT2D eigenvalue weighted by Crippen LogP contribution is -2.36. The van der Waals surface area contributed by atoms with Gasteiger partial charge in [-0.1, -0.05) is 32.0 Å². The van der Waals surface area contributed by atoms with Crippen LogP contribution in [0.2, 0.25) is 0 Å². The molecule has 2 N–H and O–H groups in total. The molecule has 0 fully saturated rings. The van der Waals surface area contributed by atoms with Gasteiger partial charge in [0.2, 0.25) is 5.89 Å². The molecule has 0 radical (unpaired) electrons. The van der Waals surface area contributed by atoms with Crippen molar-refractivity contribution in [1.29, 1.82) is 0 Å². The minimum absolute atomic E-state index is 0. The average molecular weight is 449 g/mol. The van der Waals surface area contributed by atoms with E-state index in [0.717, 1.165) is 19.0 Å². The van der Waals surface area contributed by atoms with E-state index in [4.69, 9.17) is 4.52 Å². The molecule has 0 unspecified atom stereocenters. The lowest BCUT2D eigenvalue weighted by atomic mass is 9.97. The number of rotatable bonds is 5. The minimum Gasteiger partial charge on any atom is -0.357 e. The van der Waals surface area contributed by atoms with Crippen molar-refractivity contribution in [1.82, 2.24) is 20.8 Å². The topological polar surface area (TPSA) is 75.3 Å². The molecule has 23 heavy (non-hydrogen) atoms. The van der Waals surface area contributed by atoms with Crippen LogP contribution in [0.1, 0.15) is 44.3 Å². The number of nitrogens with zero attached hydrogens (tertiary/aromatic N) is 3. The van der Waals surface area contributed by atoms with Gasteiger partial charge in [-0.15, -0.1) is 35.3 Å². The first kappa shape index (κ1) is 19.9. The number of hydrogen-bond acceptors (Lipinski definition) is 5. The zero-order valence-corrected chi connectivity index (χ0v) is 17.1. The van der Waals surface area contributed by atoms with E-state index in [-0.39, 0.29) is 29.4 Å². The fourth-order valence-electron chi connectivity index (χ4n) is 1.70. The molecule has 0 spiro atoms. The zero-order valence-electron chi connectivity index (χ0n) is 13.9. The van der Waals surface area contributed by atoms with Crippen molar-refractivity contribution in [2.24, 2.45) is 4.99 Å². The number of thiophene rings is 1. The predicted octanol–water partition coefficient (Wildman–Crippen LogP) is 3.30. The van der Waals surface area contributed by atoms with Crippen LogP contribution in [0.5, 0.6) is 0 Å². The first-order valence-electron chi connectivity index (χ1n) is 7.36. The summed E-state index contributed by atoms with van der Waals surface area (Å²) in [4.78, 5) is 10.1. The number of nitrogens with one attached hydrogen (secondary N) is 2. The summed E-state index contributed by atoms with van der Waals surface area (Å²) in [6, 6.07) is 4.13. The lowest BCUT2D eigenvalue weighted by molar-refractivity contribution is 0.318. The molecule has 0 atom stereocenters. The summed E-state index contributed by atoms with van der Waals surface area (Å²) >= 11 is 1.72. The maximum absolute atomic E-state index is 5.27. The van der Waals surface area contributed by atoms with Crippen LogP contribution in [0.25, 0.3) is 0 Å². The number of aliphatic imine (C=N–C) groups is 1. The summed E-state index contributed by atoms with van der Waals surface area (Å²) in [6.45, 7) is 10.1. The van der Waals surface area contributed by atoms with Gasteiger partial charge in [-0.3, -0.25) is 0 Å². The van der Waals surface area contributed by atoms with Crippen molar-refractivity contribution in [2.75, 3.05) is 6.54 Å². The molecule has 2 rings (SSSR count). The number of halogens is 1. The monoisotopic (exact) mass is 449 g/mol. The van der Waals surface area contributed by atoms with Gasteiger partial charge in [-0.2, -0.15) is 4.98 Å². The Balaban J connectivity index is 0.00000264. The Hall–Kier alpha value is -1.16. The van der Waals surface area contributed by atoms with Gasteiger partial charge in [-0.05, 0) is 18.4 Å². The molecule has 2 aromatic heterocycles. The van der Waals surface area contributed by atoms with Gasteiger partial charge in [0, 0.05) is 16.8 Å². The third-order valence-electron chi connectivity index (χ3n) is 2.84.